The Bertz CT molecular complexity index is 799. The van der Waals surface area contributed by atoms with Crippen LogP contribution in [0.5, 0.6) is 11.5 Å². The van der Waals surface area contributed by atoms with Gasteiger partial charge >= 0.3 is 19.1 Å². The van der Waals surface area contributed by atoms with Gasteiger partial charge in [-0.2, -0.15) is 0 Å². The predicted octanol–water partition coefficient (Wildman–Crippen LogP) is -1.61. The first kappa shape index (κ1) is 19.8. The number of aryl methyl sites for hydroxylation is 1. The van der Waals surface area contributed by atoms with Crippen LogP contribution in [0, 0.1) is 0 Å². The van der Waals surface area contributed by atoms with Crippen molar-refractivity contribution in [3.8, 4) is 11.5 Å². The number of rotatable bonds is 6. The molecule has 1 aromatic rings. The number of hydrogen-bond acceptors (Lipinski definition) is 7. The fourth-order valence-corrected chi connectivity index (χ4v) is 3.12. The van der Waals surface area contributed by atoms with Gasteiger partial charge in [0.1, 0.15) is 29.2 Å². The van der Waals surface area contributed by atoms with Crippen LogP contribution in [0.15, 0.2) is 12.1 Å². The number of aromatic carboxylic acids is 1. The molecule has 2 aliphatic heterocycles. The monoisotopic (exact) mass is 392 g/mol. The van der Waals surface area contributed by atoms with Crippen molar-refractivity contribution in [2.45, 2.75) is 24.9 Å². The Kier molecular flexibility index (Phi) is 5.61. The number of carboxylic acid groups (broad SMARTS) is 1. The summed E-state index contributed by atoms with van der Waals surface area (Å²) < 4.78 is 11.0. The number of nitrogens with two attached hydrogens (primary N) is 2. The molecule has 0 spiro atoms. The Morgan fingerprint density at radius 1 is 1.39 bits per heavy atom. The molecule has 2 heterocycles. The van der Waals surface area contributed by atoms with Gasteiger partial charge in [0.05, 0.1) is 13.1 Å². The summed E-state index contributed by atoms with van der Waals surface area (Å²) in [5.74, 6) is -1.38. The van der Waals surface area contributed by atoms with Crippen LogP contribution in [0.1, 0.15) is 15.9 Å². The van der Waals surface area contributed by atoms with E-state index in [4.69, 9.17) is 20.9 Å². The molecule has 0 aliphatic carbocycles. The van der Waals surface area contributed by atoms with Gasteiger partial charge in [-0.05, 0) is 24.4 Å². The third-order valence-electron chi connectivity index (χ3n) is 4.60. The molecule has 1 aromatic carbocycles. The van der Waals surface area contributed by atoms with Gasteiger partial charge in [-0.1, -0.05) is 6.07 Å². The molecule has 1 unspecified atom stereocenters. The van der Waals surface area contributed by atoms with Crippen molar-refractivity contribution >= 4 is 25.0 Å². The number of ether oxygens (including phenoxy) is 1. The number of fused-ring (bicyclic) bond motifs is 1. The lowest BCUT2D eigenvalue weighted by molar-refractivity contribution is -0.141. The second-order valence-electron chi connectivity index (χ2n) is 6.68. The van der Waals surface area contributed by atoms with Crippen molar-refractivity contribution in [2.24, 2.45) is 11.5 Å². The summed E-state index contributed by atoms with van der Waals surface area (Å²) in [6.45, 7) is 0.370. The fraction of sp³-hybridized carbons (Fsp3) is 0.438. The number of carbonyl (C=O) groups is 3. The van der Waals surface area contributed by atoms with Gasteiger partial charge < -0.3 is 41.2 Å². The summed E-state index contributed by atoms with van der Waals surface area (Å²) in [7, 11) is -1.06. The molecule has 0 bridgehead atoms. The molecule has 1 atom stereocenters. The maximum absolute atomic E-state index is 12.2. The number of likely N-dealkylation sites (tertiary alicyclic amines) is 1. The second kappa shape index (κ2) is 7.94. The topological polar surface area (TPSA) is 177 Å². The van der Waals surface area contributed by atoms with E-state index >= 15 is 0 Å². The third-order valence-corrected chi connectivity index (χ3v) is 4.60. The Balaban J connectivity index is 1.63. The molecule has 28 heavy (non-hydrogen) atoms. The van der Waals surface area contributed by atoms with E-state index in [-0.39, 0.29) is 42.6 Å². The van der Waals surface area contributed by atoms with E-state index < -0.39 is 31.3 Å². The summed E-state index contributed by atoms with van der Waals surface area (Å²) in [6, 6.07) is 1.56. The fourth-order valence-electron chi connectivity index (χ4n) is 3.12. The summed E-state index contributed by atoms with van der Waals surface area (Å²) in [4.78, 5) is 36.0. The standard InChI is InChI=1S/C16H21BN4O7/c18-10(5-20-16(19)25)14(22)21-6-9(7-21)27-11-2-1-8-3-4-17(26)28-13(8)12(11)15(23)24/h1-2,9-10,26H,3-7,18H2,(H,23,24)(H3,19,20,25). The van der Waals surface area contributed by atoms with E-state index in [0.29, 0.717) is 18.3 Å². The van der Waals surface area contributed by atoms with E-state index in [9.17, 15) is 24.5 Å². The van der Waals surface area contributed by atoms with Gasteiger partial charge in [-0.15, -0.1) is 0 Å². The maximum Gasteiger partial charge on any atom is 0.522 e. The van der Waals surface area contributed by atoms with Gasteiger partial charge in [0, 0.05) is 6.54 Å². The molecule has 2 aliphatic rings. The normalized spacial score (nSPS) is 17.1. The van der Waals surface area contributed by atoms with Gasteiger partial charge in [0.15, 0.2) is 0 Å². The second-order valence-corrected chi connectivity index (χ2v) is 6.68. The zero-order chi connectivity index (χ0) is 20.4. The summed E-state index contributed by atoms with van der Waals surface area (Å²) in [5, 5.41) is 21.5. The number of primary amides is 1. The molecule has 11 nitrogen and oxygen atoms in total. The average Bonchev–Trinajstić information content (AvgIpc) is 2.60. The summed E-state index contributed by atoms with van der Waals surface area (Å²) in [6.07, 6.45) is 0.474. The van der Waals surface area contributed by atoms with Gasteiger partial charge in [0.25, 0.3) is 0 Å². The Morgan fingerprint density at radius 2 is 2.11 bits per heavy atom. The number of nitrogens with one attached hydrogen (secondary N) is 1. The Labute approximate surface area is 160 Å². The van der Waals surface area contributed by atoms with E-state index in [0.717, 1.165) is 0 Å². The zero-order valence-corrected chi connectivity index (χ0v) is 15.0. The number of carbonyl (C=O) groups excluding carboxylic acids is 2. The van der Waals surface area contributed by atoms with Crippen LogP contribution >= 0.6 is 0 Å². The van der Waals surface area contributed by atoms with Crippen molar-refractivity contribution in [1.82, 2.24) is 10.2 Å². The first-order valence-electron chi connectivity index (χ1n) is 8.74. The molecular weight excluding hydrogens is 371 g/mol. The van der Waals surface area contributed by atoms with Crippen molar-refractivity contribution in [3.05, 3.63) is 23.3 Å². The molecule has 3 amide bonds. The number of hydrogen-bond donors (Lipinski definition) is 5. The van der Waals surface area contributed by atoms with Crippen LogP contribution in [0.3, 0.4) is 0 Å². The van der Waals surface area contributed by atoms with E-state index in [2.05, 4.69) is 5.32 Å². The molecule has 7 N–H and O–H groups in total. The predicted molar refractivity (Wildman–Crippen MR) is 97.1 cm³/mol. The molecule has 1 fully saturated rings. The number of amides is 3. The van der Waals surface area contributed by atoms with Crippen LogP contribution < -0.4 is 26.2 Å². The maximum atomic E-state index is 12.2. The summed E-state index contributed by atoms with van der Waals surface area (Å²) in [5.41, 5.74) is 11.2. The first-order chi connectivity index (χ1) is 13.3. The van der Waals surface area contributed by atoms with Crippen LogP contribution in [0.25, 0.3) is 0 Å². The molecule has 3 rings (SSSR count). The van der Waals surface area contributed by atoms with E-state index in [1.54, 1.807) is 12.1 Å². The minimum atomic E-state index is -1.23. The number of urea groups is 1. The van der Waals surface area contributed by atoms with E-state index in [1.165, 1.54) is 4.90 Å². The van der Waals surface area contributed by atoms with Crippen LogP contribution in [0.2, 0.25) is 6.32 Å². The molecule has 12 heteroatoms. The lowest BCUT2D eigenvalue weighted by Crippen LogP contribution is -2.61. The lowest BCUT2D eigenvalue weighted by atomic mass is 9.78. The SMILES string of the molecule is NC(=O)NCC(N)C(=O)N1CC(Oc2ccc3c(c2C(=O)O)OB(O)CC3)C1. The third kappa shape index (κ3) is 4.12. The van der Waals surface area contributed by atoms with Crippen LogP contribution in [-0.4, -0.2) is 71.8 Å². The average molecular weight is 392 g/mol. The van der Waals surface area contributed by atoms with Crippen LogP contribution in [-0.2, 0) is 11.2 Å². The Hall–Kier alpha value is -2.99. The lowest BCUT2D eigenvalue weighted by Gasteiger charge is -2.40. The van der Waals surface area contributed by atoms with E-state index in [1.807, 2.05) is 0 Å². The molecule has 0 saturated carbocycles. The largest absolute Gasteiger partial charge is 0.535 e. The smallest absolute Gasteiger partial charge is 0.522 e. The van der Waals surface area contributed by atoms with Gasteiger partial charge in [-0.3, -0.25) is 4.79 Å². The highest BCUT2D eigenvalue weighted by atomic mass is 16.5. The minimum absolute atomic E-state index is 0.0795. The highest BCUT2D eigenvalue weighted by molar-refractivity contribution is 6.44. The van der Waals surface area contributed by atoms with Crippen molar-refractivity contribution in [3.63, 3.8) is 0 Å². The number of benzene rings is 1. The van der Waals surface area contributed by atoms with Crippen molar-refractivity contribution in [2.75, 3.05) is 19.6 Å². The summed E-state index contributed by atoms with van der Waals surface area (Å²) >= 11 is 0. The quantitative estimate of drug-likeness (QED) is 0.359. The first-order valence-corrected chi connectivity index (χ1v) is 8.74. The Morgan fingerprint density at radius 3 is 2.75 bits per heavy atom. The highest BCUT2D eigenvalue weighted by Gasteiger charge is 2.36. The van der Waals surface area contributed by atoms with Crippen molar-refractivity contribution < 1.29 is 33.9 Å². The number of carboxylic acids is 1. The molecular formula is C16H21BN4O7. The van der Waals surface area contributed by atoms with Crippen molar-refractivity contribution in [1.29, 1.82) is 0 Å². The highest BCUT2D eigenvalue weighted by Crippen LogP contribution is 2.37. The number of nitrogens with zero attached hydrogens (tertiary/aromatic N) is 1. The van der Waals surface area contributed by atoms with Crippen LogP contribution in [0.4, 0.5) is 4.79 Å². The van der Waals surface area contributed by atoms with Gasteiger partial charge in [-0.25, -0.2) is 9.59 Å². The zero-order valence-electron chi connectivity index (χ0n) is 15.0. The molecule has 0 radical (unpaired) electrons. The molecule has 150 valence electrons. The van der Waals surface area contributed by atoms with Gasteiger partial charge in [0.2, 0.25) is 5.91 Å². The molecule has 1 saturated heterocycles. The molecule has 0 aromatic heterocycles. The minimum Gasteiger partial charge on any atom is -0.535 e.